The van der Waals surface area contributed by atoms with Gasteiger partial charge in [0.15, 0.2) is 0 Å². The monoisotopic (exact) mass is 175 g/mol. The van der Waals surface area contributed by atoms with Crippen molar-refractivity contribution in [2.45, 2.75) is 39.0 Å². The van der Waals surface area contributed by atoms with Gasteiger partial charge in [0.05, 0.1) is 0 Å². The molecule has 0 aliphatic heterocycles. The summed E-state index contributed by atoms with van der Waals surface area (Å²) in [5.41, 5.74) is 3.46. The quantitative estimate of drug-likeness (QED) is 0.527. The number of hydrogen-bond acceptors (Lipinski definition) is 0. The van der Waals surface area contributed by atoms with E-state index in [1.54, 1.807) is 11.1 Å². The summed E-state index contributed by atoms with van der Waals surface area (Å²) in [5.74, 6) is 1.47. The smallest absolute Gasteiger partial charge is 0.00694 e. The van der Waals surface area contributed by atoms with Crippen molar-refractivity contribution < 1.29 is 0 Å². The Hall–Kier alpha value is -0.780. The van der Waals surface area contributed by atoms with Crippen molar-refractivity contribution in [3.8, 4) is 0 Å². The summed E-state index contributed by atoms with van der Waals surface area (Å²) in [6.45, 7) is 9.43. The Kier molecular flexibility index (Phi) is 1.76. The van der Waals surface area contributed by atoms with Gasteiger partial charge in [-0.15, -0.1) is 0 Å². The normalized spacial score (nSPS) is 30.2. The van der Waals surface area contributed by atoms with Gasteiger partial charge >= 0.3 is 0 Å². The molecule has 0 bridgehead atoms. The molecular weight excluding hydrogens is 157 g/mol. The Morgan fingerprint density at radius 3 is 2.31 bits per heavy atom. The van der Waals surface area contributed by atoms with E-state index >= 15 is 0 Å². The van der Waals surface area contributed by atoms with Gasteiger partial charge < -0.3 is 0 Å². The third kappa shape index (κ3) is 1.04. The summed E-state index contributed by atoms with van der Waals surface area (Å²) >= 11 is 0. The van der Waals surface area contributed by atoms with E-state index in [4.69, 9.17) is 0 Å². The molecule has 0 amide bonds. The van der Waals surface area contributed by atoms with Gasteiger partial charge in [-0.05, 0) is 28.4 Å². The lowest BCUT2D eigenvalue weighted by atomic mass is 9.91. The molecule has 1 aromatic rings. The van der Waals surface area contributed by atoms with Crippen molar-refractivity contribution in [2.24, 2.45) is 5.92 Å². The van der Waals surface area contributed by atoms with Crippen LogP contribution in [0.1, 0.15) is 44.7 Å². The van der Waals surface area contributed by atoms with E-state index < -0.39 is 0 Å². The van der Waals surface area contributed by atoms with Crippen LogP contribution in [0.5, 0.6) is 0 Å². The lowest BCUT2D eigenvalue weighted by molar-refractivity contribution is 0.342. The van der Waals surface area contributed by atoms with Gasteiger partial charge in [-0.3, -0.25) is 0 Å². The van der Waals surface area contributed by atoms with Crippen molar-refractivity contribution in [1.82, 2.24) is 0 Å². The highest BCUT2D eigenvalue weighted by Crippen LogP contribution is 2.49. The molecule has 0 aromatic heterocycles. The van der Waals surface area contributed by atoms with Gasteiger partial charge in [0.25, 0.3) is 0 Å². The van der Waals surface area contributed by atoms with Crippen LogP contribution in [0.4, 0.5) is 0 Å². The second-order valence-electron chi connectivity index (χ2n) is 4.89. The lowest BCUT2D eigenvalue weighted by Crippen LogP contribution is -2.22. The molecular formula is C13H18. The fraction of sp³-hybridized carbons (Fsp3) is 0.538. The minimum Gasteiger partial charge on any atom is -0.0620 e. The van der Waals surface area contributed by atoms with E-state index in [-0.39, 0.29) is 0 Å². The predicted molar refractivity (Wildman–Crippen MR) is 57.0 cm³/mol. The van der Waals surface area contributed by atoms with Crippen molar-refractivity contribution in [1.29, 1.82) is 0 Å². The minimum absolute atomic E-state index is 0.357. The maximum absolute atomic E-state index is 2.37. The van der Waals surface area contributed by atoms with Crippen LogP contribution in [0, 0.1) is 5.92 Å². The molecule has 0 fully saturated rings. The highest BCUT2D eigenvalue weighted by molar-refractivity contribution is 5.42. The Bertz CT molecular complexity index is 323. The molecule has 13 heavy (non-hydrogen) atoms. The highest BCUT2D eigenvalue weighted by atomic mass is 14.7. The summed E-state index contributed by atoms with van der Waals surface area (Å²) in [6, 6.07) is 8.88. The maximum atomic E-state index is 2.37. The Morgan fingerprint density at radius 2 is 1.69 bits per heavy atom. The van der Waals surface area contributed by atoms with E-state index in [2.05, 4.69) is 52.0 Å². The molecule has 0 radical (unpaired) electrons. The van der Waals surface area contributed by atoms with Crippen LogP contribution in [-0.2, 0) is 5.41 Å². The van der Waals surface area contributed by atoms with Crippen LogP contribution in [0.15, 0.2) is 24.3 Å². The molecule has 1 aliphatic carbocycles. The second kappa shape index (κ2) is 2.60. The molecule has 0 heterocycles. The lowest BCUT2D eigenvalue weighted by Gasteiger charge is -2.26. The third-order valence-corrected chi connectivity index (χ3v) is 4.03. The fourth-order valence-corrected chi connectivity index (χ4v) is 2.62. The van der Waals surface area contributed by atoms with Gasteiger partial charge in [0, 0.05) is 0 Å². The first kappa shape index (κ1) is 8.80. The van der Waals surface area contributed by atoms with Gasteiger partial charge in [-0.25, -0.2) is 0 Å². The van der Waals surface area contributed by atoms with Crippen LogP contribution in [0.2, 0.25) is 0 Å². The zero-order valence-corrected chi connectivity index (χ0v) is 8.96. The Labute approximate surface area is 81.0 Å². The van der Waals surface area contributed by atoms with E-state index in [0.29, 0.717) is 11.3 Å². The minimum atomic E-state index is 0.357. The molecule has 0 unspecified atom stereocenters. The summed E-state index contributed by atoms with van der Waals surface area (Å²) in [4.78, 5) is 0. The van der Waals surface area contributed by atoms with Gasteiger partial charge in [-0.2, -0.15) is 0 Å². The first-order valence-corrected chi connectivity index (χ1v) is 5.14. The first-order chi connectivity index (χ1) is 6.05. The fourth-order valence-electron chi connectivity index (χ4n) is 2.62. The van der Waals surface area contributed by atoms with Crippen LogP contribution in [0.25, 0.3) is 0 Å². The van der Waals surface area contributed by atoms with Gasteiger partial charge in [-0.1, -0.05) is 52.0 Å². The highest BCUT2D eigenvalue weighted by Gasteiger charge is 2.40. The third-order valence-electron chi connectivity index (χ3n) is 4.03. The number of fused-ring (bicyclic) bond motifs is 1. The molecule has 0 nitrogen and oxygen atoms in total. The molecule has 2 atom stereocenters. The average Bonchev–Trinajstić information content (AvgIpc) is 2.30. The zero-order valence-electron chi connectivity index (χ0n) is 8.96. The largest absolute Gasteiger partial charge is 0.0620 e. The average molecular weight is 175 g/mol. The van der Waals surface area contributed by atoms with Crippen molar-refractivity contribution in [3.05, 3.63) is 35.4 Å². The van der Waals surface area contributed by atoms with Crippen LogP contribution in [-0.4, -0.2) is 0 Å². The first-order valence-electron chi connectivity index (χ1n) is 5.14. The summed E-state index contributed by atoms with van der Waals surface area (Å²) in [5, 5.41) is 0. The number of rotatable bonds is 0. The van der Waals surface area contributed by atoms with E-state index in [9.17, 15) is 0 Å². The molecule has 2 rings (SSSR count). The molecule has 1 aromatic carbocycles. The maximum Gasteiger partial charge on any atom is -0.00694 e. The van der Waals surface area contributed by atoms with Crippen molar-refractivity contribution in [2.75, 3.05) is 0 Å². The van der Waals surface area contributed by atoms with Gasteiger partial charge in [0.1, 0.15) is 0 Å². The number of benzene rings is 1. The van der Waals surface area contributed by atoms with Crippen molar-refractivity contribution in [3.63, 3.8) is 0 Å². The zero-order chi connectivity index (χ0) is 9.64. The predicted octanol–water partition coefficient (Wildman–Crippen LogP) is 3.72. The molecule has 0 saturated heterocycles. The molecule has 1 aliphatic rings. The summed E-state index contributed by atoms with van der Waals surface area (Å²) < 4.78 is 0. The van der Waals surface area contributed by atoms with E-state index in [0.717, 1.165) is 5.92 Å². The second-order valence-corrected chi connectivity index (χ2v) is 4.89. The SMILES string of the molecule is C[C@@H]1c2ccccc2C(C)(C)[13C@H]1C. The number of hydrogen-bond donors (Lipinski definition) is 0. The molecule has 0 spiro atoms. The topological polar surface area (TPSA) is 0 Å². The molecule has 0 saturated carbocycles. The molecule has 70 valence electrons. The Balaban J connectivity index is 2.61. The standard InChI is InChI=1S/C13H18/c1-9-10(2)13(3,4)12-8-6-5-7-11(9)12/h5-10H,1-4H3/t9-,10-/m0/s1/i10+1. The van der Waals surface area contributed by atoms with Crippen molar-refractivity contribution >= 4 is 0 Å². The molecule has 0 heteroatoms. The van der Waals surface area contributed by atoms with Gasteiger partial charge in [0.2, 0.25) is 0 Å². The summed E-state index contributed by atoms with van der Waals surface area (Å²) in [6.07, 6.45) is 0. The Morgan fingerprint density at radius 1 is 1.08 bits per heavy atom. The van der Waals surface area contributed by atoms with Crippen LogP contribution >= 0.6 is 0 Å². The summed E-state index contributed by atoms with van der Waals surface area (Å²) in [7, 11) is 0. The van der Waals surface area contributed by atoms with Crippen LogP contribution in [0.3, 0.4) is 0 Å². The molecule has 0 N–H and O–H groups in total. The van der Waals surface area contributed by atoms with E-state index in [1.165, 1.54) is 0 Å². The van der Waals surface area contributed by atoms with E-state index in [1.807, 2.05) is 0 Å². The van der Waals surface area contributed by atoms with Crippen LogP contribution < -0.4 is 0 Å².